The Kier molecular flexibility index (Phi) is 5.13. The second-order valence-electron chi connectivity index (χ2n) is 10.7. The zero-order valence-electron chi connectivity index (χ0n) is 19.7. The van der Waals surface area contributed by atoms with Crippen LogP contribution in [0.3, 0.4) is 0 Å². The summed E-state index contributed by atoms with van der Waals surface area (Å²) in [5, 5.41) is 12.3. The van der Waals surface area contributed by atoms with Gasteiger partial charge in [-0.25, -0.2) is 4.79 Å². The Morgan fingerprint density at radius 1 is 0.943 bits per heavy atom. The molecule has 2 bridgehead atoms. The minimum atomic E-state index is -0.855. The van der Waals surface area contributed by atoms with Crippen molar-refractivity contribution in [2.45, 2.75) is 62.4 Å². The first-order valence-corrected chi connectivity index (χ1v) is 12.6. The van der Waals surface area contributed by atoms with Crippen LogP contribution in [-0.2, 0) is 14.3 Å². The molecule has 2 heterocycles. The number of hydrogen-bond donors (Lipinski definition) is 2. The molecule has 2 aromatic carbocycles. The van der Waals surface area contributed by atoms with Crippen LogP contribution in [0, 0.1) is 5.41 Å². The van der Waals surface area contributed by atoms with Crippen molar-refractivity contribution < 1.29 is 24.2 Å². The molecule has 3 fully saturated rings. The van der Waals surface area contributed by atoms with E-state index in [-0.39, 0.29) is 37.4 Å². The van der Waals surface area contributed by atoms with Crippen molar-refractivity contribution in [1.82, 2.24) is 10.2 Å². The van der Waals surface area contributed by atoms with Crippen LogP contribution in [0.25, 0.3) is 11.1 Å². The number of fused-ring (bicyclic) bond motifs is 5. The number of carboxylic acid groups (broad SMARTS) is 1. The molecule has 7 nitrogen and oxygen atoms in total. The number of rotatable bonds is 7. The van der Waals surface area contributed by atoms with E-state index >= 15 is 0 Å². The van der Waals surface area contributed by atoms with Gasteiger partial charge in [-0.1, -0.05) is 48.5 Å². The van der Waals surface area contributed by atoms with E-state index in [4.69, 9.17) is 4.74 Å². The predicted octanol–water partition coefficient (Wildman–Crippen LogP) is 4.30. The monoisotopic (exact) mass is 474 g/mol. The average Bonchev–Trinajstić information content (AvgIpc) is 3.35. The summed E-state index contributed by atoms with van der Waals surface area (Å²) in [7, 11) is 0. The van der Waals surface area contributed by atoms with Crippen molar-refractivity contribution in [3.8, 4) is 11.1 Å². The van der Waals surface area contributed by atoms with E-state index in [1.165, 1.54) is 11.1 Å². The normalized spacial score (nSPS) is 25.1. The van der Waals surface area contributed by atoms with Gasteiger partial charge in [-0.15, -0.1) is 0 Å². The summed E-state index contributed by atoms with van der Waals surface area (Å²) < 4.78 is 5.64. The lowest BCUT2D eigenvalue weighted by molar-refractivity contribution is -0.145. The summed E-state index contributed by atoms with van der Waals surface area (Å²) in [6.07, 6.45) is 4.16. The van der Waals surface area contributed by atoms with Gasteiger partial charge in [0.1, 0.15) is 6.61 Å². The average molecular weight is 475 g/mol. The van der Waals surface area contributed by atoms with Crippen LogP contribution in [0.1, 0.15) is 62.0 Å². The predicted molar refractivity (Wildman–Crippen MR) is 129 cm³/mol. The van der Waals surface area contributed by atoms with Crippen LogP contribution >= 0.6 is 0 Å². The zero-order chi connectivity index (χ0) is 24.2. The van der Waals surface area contributed by atoms with E-state index in [0.717, 1.165) is 36.8 Å². The highest BCUT2D eigenvalue weighted by Gasteiger charge is 2.61. The van der Waals surface area contributed by atoms with Gasteiger partial charge in [-0.3, -0.25) is 9.59 Å². The molecular formula is C28H30N2O5. The fourth-order valence-electron chi connectivity index (χ4n) is 6.71. The van der Waals surface area contributed by atoms with Gasteiger partial charge in [0.15, 0.2) is 0 Å². The summed E-state index contributed by atoms with van der Waals surface area (Å²) in [4.78, 5) is 39.6. The highest BCUT2D eigenvalue weighted by Crippen LogP contribution is 2.55. The molecule has 2 amide bonds. The number of hydrogen-bond acceptors (Lipinski definition) is 4. The molecule has 2 saturated heterocycles. The summed E-state index contributed by atoms with van der Waals surface area (Å²) in [6.45, 7) is 0.464. The summed E-state index contributed by atoms with van der Waals surface area (Å²) >= 11 is 0. The van der Waals surface area contributed by atoms with Gasteiger partial charge < -0.3 is 20.1 Å². The van der Waals surface area contributed by atoms with E-state index in [0.29, 0.717) is 12.8 Å². The molecule has 0 aromatic heterocycles. The lowest BCUT2D eigenvalue weighted by atomic mass is 9.85. The first-order valence-electron chi connectivity index (χ1n) is 12.6. The molecule has 0 unspecified atom stereocenters. The SMILES string of the molecule is O=C(O)CC12CCC(CC1)N2C(=O)C1(CNC(=O)OCC2c3ccccc3-c3ccccc32)CC1. The molecule has 0 radical (unpaired) electrons. The van der Waals surface area contributed by atoms with Crippen molar-refractivity contribution in [2.75, 3.05) is 13.2 Å². The van der Waals surface area contributed by atoms with Crippen LogP contribution in [0.5, 0.6) is 0 Å². The Balaban J connectivity index is 1.09. The highest BCUT2D eigenvalue weighted by atomic mass is 16.5. The molecule has 2 N–H and O–H groups in total. The van der Waals surface area contributed by atoms with E-state index in [1.54, 1.807) is 0 Å². The van der Waals surface area contributed by atoms with Crippen molar-refractivity contribution in [2.24, 2.45) is 5.41 Å². The summed E-state index contributed by atoms with van der Waals surface area (Å²) in [6, 6.07) is 16.5. The van der Waals surface area contributed by atoms with Gasteiger partial charge >= 0.3 is 12.1 Å². The van der Waals surface area contributed by atoms with Gasteiger partial charge in [-0.05, 0) is 60.8 Å². The van der Waals surface area contributed by atoms with E-state index in [2.05, 4.69) is 29.6 Å². The molecule has 7 heteroatoms. The molecule has 6 rings (SSSR count). The van der Waals surface area contributed by atoms with E-state index < -0.39 is 23.0 Å². The third-order valence-electron chi connectivity index (χ3n) is 8.68. The number of carboxylic acids is 1. The first-order chi connectivity index (χ1) is 16.9. The first kappa shape index (κ1) is 22.1. The maximum Gasteiger partial charge on any atom is 0.407 e. The third kappa shape index (κ3) is 3.60. The topological polar surface area (TPSA) is 95.9 Å². The molecule has 182 valence electrons. The smallest absolute Gasteiger partial charge is 0.407 e. The Labute approximate surface area is 204 Å². The molecule has 4 aliphatic rings. The van der Waals surface area contributed by atoms with Crippen LogP contribution in [0.15, 0.2) is 48.5 Å². The second-order valence-corrected chi connectivity index (χ2v) is 10.7. The number of ether oxygens (including phenoxy) is 1. The quantitative estimate of drug-likeness (QED) is 0.624. The van der Waals surface area contributed by atoms with Crippen LogP contribution in [0.2, 0.25) is 0 Å². The Morgan fingerprint density at radius 2 is 1.54 bits per heavy atom. The van der Waals surface area contributed by atoms with Crippen molar-refractivity contribution >= 4 is 18.0 Å². The number of benzene rings is 2. The summed E-state index contributed by atoms with van der Waals surface area (Å²) in [5.41, 5.74) is 3.49. The molecule has 35 heavy (non-hydrogen) atoms. The van der Waals surface area contributed by atoms with E-state index in [1.807, 2.05) is 29.2 Å². The van der Waals surface area contributed by atoms with Crippen molar-refractivity contribution in [3.05, 3.63) is 59.7 Å². The minimum absolute atomic E-state index is 0.00509. The van der Waals surface area contributed by atoms with Gasteiger partial charge in [0.05, 0.1) is 17.4 Å². The molecule has 0 spiro atoms. The van der Waals surface area contributed by atoms with Crippen LogP contribution in [-0.4, -0.2) is 52.7 Å². The lowest BCUT2D eigenvalue weighted by Gasteiger charge is -2.36. The third-order valence-corrected chi connectivity index (χ3v) is 8.68. The highest BCUT2D eigenvalue weighted by molar-refractivity contribution is 5.88. The minimum Gasteiger partial charge on any atom is -0.481 e. The maximum atomic E-state index is 13.6. The van der Waals surface area contributed by atoms with Crippen LogP contribution < -0.4 is 5.32 Å². The number of amides is 2. The number of aliphatic carboxylic acids is 1. The standard InChI is InChI=1S/C28H30N2O5/c31-24(32)15-28-11-9-18(10-12-28)30(28)25(33)27(13-14-27)17-29-26(34)35-16-23-21-7-3-1-5-19(21)20-6-2-4-8-22(20)23/h1-8,18,23H,9-17H2,(H,29,34)(H,31,32). The van der Waals surface area contributed by atoms with Crippen molar-refractivity contribution in [3.63, 3.8) is 0 Å². The molecule has 2 aliphatic carbocycles. The Morgan fingerprint density at radius 3 is 2.11 bits per heavy atom. The largest absolute Gasteiger partial charge is 0.481 e. The molecule has 2 aliphatic heterocycles. The Hall–Kier alpha value is -3.35. The molecule has 0 atom stereocenters. The fourth-order valence-corrected chi connectivity index (χ4v) is 6.71. The van der Waals surface area contributed by atoms with Gasteiger partial charge in [0.25, 0.3) is 0 Å². The Bertz CT molecular complexity index is 1150. The fraction of sp³-hybridized carbons (Fsp3) is 0.464. The molecule has 1 saturated carbocycles. The number of nitrogens with one attached hydrogen (secondary N) is 1. The van der Waals surface area contributed by atoms with Crippen LogP contribution in [0.4, 0.5) is 4.79 Å². The van der Waals surface area contributed by atoms with Gasteiger partial charge in [-0.2, -0.15) is 0 Å². The number of alkyl carbamates (subject to hydrolysis) is 1. The second kappa shape index (κ2) is 8.11. The molecule has 2 aromatic rings. The van der Waals surface area contributed by atoms with Crippen molar-refractivity contribution in [1.29, 1.82) is 0 Å². The van der Waals surface area contributed by atoms with E-state index in [9.17, 15) is 19.5 Å². The summed E-state index contributed by atoms with van der Waals surface area (Å²) in [5.74, 6) is -0.856. The lowest BCUT2D eigenvalue weighted by Crippen LogP contribution is -2.51. The molecular weight excluding hydrogens is 444 g/mol. The number of carbonyl (C=O) groups is 3. The van der Waals surface area contributed by atoms with Gasteiger partial charge in [0.2, 0.25) is 5.91 Å². The zero-order valence-corrected chi connectivity index (χ0v) is 19.7. The number of carbonyl (C=O) groups excluding carboxylic acids is 2. The maximum absolute atomic E-state index is 13.6. The number of nitrogens with zero attached hydrogens (tertiary/aromatic N) is 1. The van der Waals surface area contributed by atoms with Gasteiger partial charge in [0, 0.05) is 18.5 Å².